The molecule has 5 heteroatoms. The molecule has 0 aliphatic carbocycles. The first kappa shape index (κ1) is 15.0. The number of halogens is 2. The number of nitrogens with zero attached hydrogens (tertiary/aromatic N) is 1. The first-order valence-corrected chi connectivity index (χ1v) is 9.01. The monoisotopic (exact) mass is 394 g/mol. The Labute approximate surface area is 130 Å². The predicted octanol–water partition coefficient (Wildman–Crippen LogP) is 4.54. The third-order valence-electron chi connectivity index (χ3n) is 3.55. The van der Waals surface area contributed by atoms with Gasteiger partial charge in [0.2, 0.25) is 0 Å². The van der Waals surface area contributed by atoms with Crippen molar-refractivity contribution in [1.29, 1.82) is 0 Å². The summed E-state index contributed by atoms with van der Waals surface area (Å²) in [5.74, 6) is 0. The second kappa shape index (κ2) is 7.39. The second-order valence-electron chi connectivity index (χ2n) is 4.83. The molecule has 1 aromatic rings. The van der Waals surface area contributed by atoms with E-state index in [0.717, 1.165) is 4.47 Å². The number of nitrogens with two attached hydrogens (primary N) is 1. The predicted molar refractivity (Wildman–Crippen MR) is 86.2 cm³/mol. The van der Waals surface area contributed by atoms with Crippen molar-refractivity contribution in [3.8, 4) is 0 Å². The van der Waals surface area contributed by atoms with Gasteiger partial charge in [0, 0.05) is 15.9 Å². The molecule has 2 rings (SSSR count). The fourth-order valence-electron chi connectivity index (χ4n) is 2.56. The maximum Gasteiger partial charge on any atom is 0.0843 e. The summed E-state index contributed by atoms with van der Waals surface area (Å²) < 4.78 is 2.32. The van der Waals surface area contributed by atoms with E-state index in [1.807, 2.05) is 0 Å². The van der Waals surface area contributed by atoms with E-state index in [-0.39, 0.29) is 0 Å². The number of likely N-dealkylation sites (tertiary alicyclic amines) is 1. The number of hydrogen-bond donors (Lipinski definition) is 1. The molecule has 0 saturated carbocycles. The molecular formula is C13H20Br2N2S. The zero-order valence-corrected chi connectivity index (χ0v) is 14.5. The molecule has 1 fully saturated rings. The van der Waals surface area contributed by atoms with Gasteiger partial charge in [0.15, 0.2) is 0 Å². The molecule has 1 aliphatic rings. The van der Waals surface area contributed by atoms with Gasteiger partial charge in [-0.1, -0.05) is 19.3 Å². The van der Waals surface area contributed by atoms with Crippen LogP contribution in [0.15, 0.2) is 14.3 Å². The lowest BCUT2D eigenvalue weighted by atomic mass is 10.1. The van der Waals surface area contributed by atoms with Crippen LogP contribution in [0.2, 0.25) is 0 Å². The van der Waals surface area contributed by atoms with E-state index in [2.05, 4.69) is 42.8 Å². The fourth-order valence-corrected chi connectivity index (χ4v) is 4.79. The van der Waals surface area contributed by atoms with Crippen molar-refractivity contribution in [2.75, 3.05) is 19.6 Å². The molecule has 0 aromatic carbocycles. The maximum atomic E-state index is 6.02. The minimum absolute atomic E-state index is 0.385. The molecule has 102 valence electrons. The van der Waals surface area contributed by atoms with E-state index >= 15 is 0 Å². The Morgan fingerprint density at radius 2 is 1.78 bits per heavy atom. The topological polar surface area (TPSA) is 29.3 Å². The zero-order chi connectivity index (χ0) is 13.0. The summed E-state index contributed by atoms with van der Waals surface area (Å²) in [5, 5.41) is 0. The van der Waals surface area contributed by atoms with E-state index in [9.17, 15) is 0 Å². The summed E-state index contributed by atoms with van der Waals surface area (Å²) in [6.07, 6.45) is 6.75. The van der Waals surface area contributed by atoms with Gasteiger partial charge in [-0.05, 0) is 63.9 Å². The van der Waals surface area contributed by atoms with Crippen LogP contribution in [0.5, 0.6) is 0 Å². The van der Waals surface area contributed by atoms with E-state index in [1.165, 1.54) is 53.9 Å². The summed E-state index contributed by atoms with van der Waals surface area (Å²) in [6.45, 7) is 3.09. The number of thiophene rings is 1. The van der Waals surface area contributed by atoms with Gasteiger partial charge in [0.1, 0.15) is 0 Å². The van der Waals surface area contributed by atoms with Crippen LogP contribution >= 0.6 is 43.2 Å². The van der Waals surface area contributed by atoms with Crippen LogP contribution in [0.1, 0.15) is 43.0 Å². The first-order valence-electron chi connectivity index (χ1n) is 6.61. The van der Waals surface area contributed by atoms with Crippen LogP contribution in [0.3, 0.4) is 0 Å². The highest BCUT2D eigenvalue weighted by Gasteiger charge is 2.22. The molecule has 0 spiro atoms. The minimum atomic E-state index is 0.385. The van der Waals surface area contributed by atoms with E-state index in [4.69, 9.17) is 5.73 Å². The van der Waals surface area contributed by atoms with E-state index in [0.29, 0.717) is 12.6 Å². The first-order chi connectivity index (χ1) is 8.72. The molecule has 1 atom stereocenters. The lowest BCUT2D eigenvalue weighted by molar-refractivity contribution is 0.186. The van der Waals surface area contributed by atoms with Gasteiger partial charge in [-0.25, -0.2) is 0 Å². The van der Waals surface area contributed by atoms with Gasteiger partial charge in [0.25, 0.3) is 0 Å². The highest BCUT2D eigenvalue weighted by atomic mass is 79.9. The molecule has 0 amide bonds. The summed E-state index contributed by atoms with van der Waals surface area (Å²) in [7, 11) is 0. The molecule has 1 unspecified atom stereocenters. The van der Waals surface area contributed by atoms with Crippen molar-refractivity contribution < 1.29 is 0 Å². The quantitative estimate of drug-likeness (QED) is 0.813. The van der Waals surface area contributed by atoms with Crippen LogP contribution in [0.25, 0.3) is 0 Å². The minimum Gasteiger partial charge on any atom is -0.329 e. The van der Waals surface area contributed by atoms with Crippen LogP contribution in [0.4, 0.5) is 0 Å². The van der Waals surface area contributed by atoms with Gasteiger partial charge >= 0.3 is 0 Å². The Morgan fingerprint density at radius 3 is 2.28 bits per heavy atom. The van der Waals surface area contributed by atoms with Crippen molar-refractivity contribution in [3.63, 3.8) is 0 Å². The average Bonchev–Trinajstić information content (AvgIpc) is 2.62. The van der Waals surface area contributed by atoms with Crippen molar-refractivity contribution in [3.05, 3.63) is 19.2 Å². The fraction of sp³-hybridized carbons (Fsp3) is 0.692. The molecule has 1 saturated heterocycles. The highest BCUT2D eigenvalue weighted by molar-refractivity contribution is 9.13. The van der Waals surface area contributed by atoms with Gasteiger partial charge in [-0.3, -0.25) is 4.90 Å². The molecule has 0 bridgehead atoms. The molecule has 1 aromatic heterocycles. The molecule has 18 heavy (non-hydrogen) atoms. The smallest absolute Gasteiger partial charge is 0.0843 e. The van der Waals surface area contributed by atoms with Gasteiger partial charge in [-0.15, -0.1) is 11.3 Å². The molecule has 2 nitrogen and oxygen atoms in total. The van der Waals surface area contributed by atoms with E-state index in [1.54, 1.807) is 11.3 Å². The highest BCUT2D eigenvalue weighted by Crippen LogP contribution is 2.37. The lowest BCUT2D eigenvalue weighted by Gasteiger charge is -2.31. The summed E-state index contributed by atoms with van der Waals surface area (Å²) in [4.78, 5) is 3.95. The third-order valence-corrected chi connectivity index (χ3v) is 6.90. The standard InChI is InChI=1S/C13H20Br2N2S/c14-10-8-12(18-13(10)15)11(9-16)17-6-4-2-1-3-5-7-17/h8,11H,1-7,9,16H2. The third kappa shape index (κ3) is 3.79. The van der Waals surface area contributed by atoms with Crippen LogP contribution in [0, 0.1) is 0 Å². The summed E-state index contributed by atoms with van der Waals surface area (Å²) in [6, 6.07) is 2.60. The Hall–Kier alpha value is 0.580. The largest absolute Gasteiger partial charge is 0.329 e. The number of hydrogen-bond acceptors (Lipinski definition) is 3. The maximum absolute atomic E-state index is 6.02. The van der Waals surface area contributed by atoms with Gasteiger partial charge in [-0.2, -0.15) is 0 Å². The van der Waals surface area contributed by atoms with Gasteiger partial charge < -0.3 is 5.73 Å². The number of rotatable bonds is 3. The average molecular weight is 396 g/mol. The molecule has 1 aliphatic heterocycles. The zero-order valence-electron chi connectivity index (χ0n) is 10.5. The van der Waals surface area contributed by atoms with Crippen molar-refractivity contribution >= 4 is 43.2 Å². The lowest BCUT2D eigenvalue weighted by Crippen LogP contribution is -2.35. The van der Waals surface area contributed by atoms with Gasteiger partial charge in [0.05, 0.1) is 9.83 Å². The normalized spacial score (nSPS) is 20.4. The Kier molecular flexibility index (Phi) is 6.15. The van der Waals surface area contributed by atoms with E-state index < -0.39 is 0 Å². The van der Waals surface area contributed by atoms with Crippen LogP contribution < -0.4 is 5.73 Å². The Bertz CT molecular complexity index is 354. The Balaban J connectivity index is 2.10. The molecule has 0 radical (unpaired) electrons. The van der Waals surface area contributed by atoms with Crippen LogP contribution in [-0.4, -0.2) is 24.5 Å². The SMILES string of the molecule is NCC(c1cc(Br)c(Br)s1)N1CCCCCCC1. The second-order valence-corrected chi connectivity index (χ2v) is 8.08. The molecule has 2 N–H and O–H groups in total. The Morgan fingerprint density at radius 1 is 1.17 bits per heavy atom. The van der Waals surface area contributed by atoms with Crippen molar-refractivity contribution in [2.45, 2.75) is 38.1 Å². The van der Waals surface area contributed by atoms with Crippen molar-refractivity contribution in [2.24, 2.45) is 5.73 Å². The summed E-state index contributed by atoms with van der Waals surface area (Å²) >= 11 is 8.95. The molecule has 2 heterocycles. The molecular weight excluding hydrogens is 376 g/mol. The van der Waals surface area contributed by atoms with Crippen molar-refractivity contribution in [1.82, 2.24) is 4.90 Å². The summed E-state index contributed by atoms with van der Waals surface area (Å²) in [5.41, 5.74) is 6.02. The van der Waals surface area contributed by atoms with Crippen LogP contribution in [-0.2, 0) is 0 Å².